The molecule has 0 heterocycles. The first-order valence-electron chi connectivity index (χ1n) is 8.30. The van der Waals surface area contributed by atoms with Crippen LogP contribution in [0.4, 0.5) is 0 Å². The van der Waals surface area contributed by atoms with E-state index < -0.39 is 0 Å². The van der Waals surface area contributed by atoms with E-state index in [2.05, 4.69) is 39.0 Å². The van der Waals surface area contributed by atoms with Gasteiger partial charge in [0.15, 0.2) is 11.5 Å². The van der Waals surface area contributed by atoms with Crippen molar-refractivity contribution in [1.29, 1.82) is 5.26 Å². The maximum Gasteiger partial charge on any atom is 0.179 e. The van der Waals surface area contributed by atoms with Gasteiger partial charge in [-0.15, -0.1) is 0 Å². The highest BCUT2D eigenvalue weighted by atomic mass is 16.5. The molecule has 0 aromatic heterocycles. The van der Waals surface area contributed by atoms with Crippen LogP contribution < -0.4 is 14.2 Å². The molecule has 4 nitrogen and oxygen atoms in total. The third kappa shape index (κ3) is 4.67. The number of aryl methyl sites for hydroxylation is 1. The zero-order valence-electron chi connectivity index (χ0n) is 15.6. The molecule has 4 heteroatoms. The minimum Gasteiger partial charge on any atom is -0.493 e. The Kier molecular flexibility index (Phi) is 5.93. The minimum absolute atomic E-state index is 0.000515. The van der Waals surface area contributed by atoms with Gasteiger partial charge in [-0.1, -0.05) is 39.0 Å². The molecule has 0 atom stereocenters. The summed E-state index contributed by atoms with van der Waals surface area (Å²) in [5.74, 6) is 1.87. The molecule has 2 aromatic rings. The molecule has 0 fully saturated rings. The van der Waals surface area contributed by atoms with Crippen LogP contribution in [0, 0.1) is 18.3 Å². The predicted molar refractivity (Wildman–Crippen MR) is 98.6 cm³/mol. The lowest BCUT2D eigenvalue weighted by Gasteiger charge is -2.23. The van der Waals surface area contributed by atoms with E-state index in [9.17, 15) is 5.26 Å². The van der Waals surface area contributed by atoms with E-state index in [1.807, 2.05) is 13.0 Å². The normalized spacial score (nSPS) is 10.9. The van der Waals surface area contributed by atoms with Crippen LogP contribution in [0.5, 0.6) is 17.2 Å². The molecule has 0 amide bonds. The molecule has 0 N–H and O–H groups in total. The van der Waals surface area contributed by atoms with Crippen molar-refractivity contribution < 1.29 is 14.2 Å². The number of methoxy groups -OCH3 is 1. The molecule has 0 saturated heterocycles. The maximum absolute atomic E-state index is 9.21. The van der Waals surface area contributed by atoms with Gasteiger partial charge in [-0.2, -0.15) is 5.26 Å². The molecule has 25 heavy (non-hydrogen) atoms. The zero-order chi connectivity index (χ0) is 18.4. The van der Waals surface area contributed by atoms with E-state index in [1.54, 1.807) is 25.3 Å². The molecule has 0 bridgehead atoms. The Labute approximate surface area is 150 Å². The van der Waals surface area contributed by atoms with Crippen molar-refractivity contribution in [3.05, 3.63) is 53.1 Å². The van der Waals surface area contributed by atoms with E-state index in [0.29, 0.717) is 30.3 Å². The van der Waals surface area contributed by atoms with Crippen LogP contribution in [0.25, 0.3) is 0 Å². The molecular weight excluding hydrogens is 314 g/mol. The number of ether oxygens (including phenoxy) is 3. The van der Waals surface area contributed by atoms with Crippen molar-refractivity contribution in [3.8, 4) is 23.3 Å². The van der Waals surface area contributed by atoms with Crippen molar-refractivity contribution in [3.63, 3.8) is 0 Å². The number of hydrogen-bond acceptors (Lipinski definition) is 4. The molecule has 0 aliphatic rings. The number of hydrogen-bond donors (Lipinski definition) is 0. The van der Waals surface area contributed by atoms with Crippen LogP contribution in [-0.2, 0) is 5.41 Å². The van der Waals surface area contributed by atoms with Gasteiger partial charge in [-0.25, -0.2) is 0 Å². The number of nitrogens with zero attached hydrogens (tertiary/aromatic N) is 1. The summed E-state index contributed by atoms with van der Waals surface area (Å²) in [5, 5.41) is 9.21. The average molecular weight is 339 g/mol. The molecule has 132 valence electrons. The second kappa shape index (κ2) is 7.94. The predicted octanol–water partition coefficient (Wildman–Crippen LogP) is 4.63. The lowest BCUT2D eigenvalue weighted by molar-refractivity contribution is 0.208. The topological polar surface area (TPSA) is 51.5 Å². The summed E-state index contributed by atoms with van der Waals surface area (Å²) in [6.07, 6.45) is 0. The van der Waals surface area contributed by atoms with Gasteiger partial charge >= 0.3 is 0 Å². The maximum atomic E-state index is 9.21. The molecule has 0 unspecified atom stereocenters. The minimum atomic E-state index is 0.000515. The zero-order valence-corrected chi connectivity index (χ0v) is 15.6. The van der Waals surface area contributed by atoms with Crippen LogP contribution in [0.3, 0.4) is 0 Å². The van der Waals surface area contributed by atoms with Crippen LogP contribution in [0.2, 0.25) is 0 Å². The Morgan fingerprint density at radius 1 is 1.00 bits per heavy atom. The summed E-state index contributed by atoms with van der Waals surface area (Å²) in [6, 6.07) is 13.6. The van der Waals surface area contributed by atoms with Gasteiger partial charge in [0.2, 0.25) is 0 Å². The average Bonchev–Trinajstić information content (AvgIpc) is 2.57. The SMILES string of the molecule is COc1cccc(C#N)c1OCCOc1cc(C)ccc1C(C)(C)C. The second-order valence-corrected chi connectivity index (χ2v) is 6.90. The summed E-state index contributed by atoms with van der Waals surface area (Å²) < 4.78 is 17.0. The van der Waals surface area contributed by atoms with Crippen molar-refractivity contribution in [2.75, 3.05) is 20.3 Å². The third-order valence-electron chi connectivity index (χ3n) is 3.85. The molecule has 0 radical (unpaired) electrons. The highest BCUT2D eigenvalue weighted by molar-refractivity contribution is 5.52. The van der Waals surface area contributed by atoms with Gasteiger partial charge in [0.05, 0.1) is 12.7 Å². The van der Waals surface area contributed by atoms with Crippen molar-refractivity contribution in [1.82, 2.24) is 0 Å². The van der Waals surface area contributed by atoms with Gasteiger partial charge < -0.3 is 14.2 Å². The standard InChI is InChI=1S/C21H25NO3/c1-15-9-10-17(21(2,3)4)19(13-15)24-11-12-25-20-16(14-22)7-6-8-18(20)23-5/h6-10,13H,11-12H2,1-5H3. The van der Waals surface area contributed by atoms with Crippen molar-refractivity contribution in [2.45, 2.75) is 33.1 Å². The van der Waals surface area contributed by atoms with Crippen LogP contribution in [-0.4, -0.2) is 20.3 Å². The Balaban J connectivity index is 2.06. The second-order valence-electron chi connectivity index (χ2n) is 6.90. The number of para-hydroxylation sites is 1. The van der Waals surface area contributed by atoms with E-state index in [4.69, 9.17) is 14.2 Å². The van der Waals surface area contributed by atoms with E-state index in [-0.39, 0.29) is 5.41 Å². The molecule has 0 spiro atoms. The molecule has 2 rings (SSSR count). The number of rotatable bonds is 6. The lowest BCUT2D eigenvalue weighted by atomic mass is 9.86. The fourth-order valence-corrected chi connectivity index (χ4v) is 2.58. The van der Waals surface area contributed by atoms with Crippen molar-refractivity contribution >= 4 is 0 Å². The molecule has 0 aliphatic heterocycles. The first kappa shape index (κ1) is 18.7. The summed E-state index contributed by atoms with van der Waals surface area (Å²) in [6.45, 7) is 9.24. The highest BCUT2D eigenvalue weighted by Gasteiger charge is 2.19. The van der Waals surface area contributed by atoms with Crippen LogP contribution in [0.1, 0.15) is 37.5 Å². The van der Waals surface area contributed by atoms with Gasteiger partial charge in [-0.3, -0.25) is 0 Å². The fraction of sp³-hybridized carbons (Fsp3) is 0.381. The van der Waals surface area contributed by atoms with Gasteiger partial charge in [0.1, 0.15) is 25.0 Å². The molecule has 0 aliphatic carbocycles. The number of nitriles is 1. The number of benzene rings is 2. The molecule has 2 aromatic carbocycles. The first-order chi connectivity index (χ1) is 11.9. The highest BCUT2D eigenvalue weighted by Crippen LogP contribution is 2.33. The Bertz CT molecular complexity index is 770. The Morgan fingerprint density at radius 2 is 1.72 bits per heavy atom. The Morgan fingerprint density at radius 3 is 2.36 bits per heavy atom. The van der Waals surface area contributed by atoms with Crippen LogP contribution >= 0.6 is 0 Å². The van der Waals surface area contributed by atoms with Gasteiger partial charge in [-0.05, 0) is 41.7 Å². The third-order valence-corrected chi connectivity index (χ3v) is 3.85. The lowest BCUT2D eigenvalue weighted by Crippen LogP contribution is -2.16. The van der Waals surface area contributed by atoms with Crippen LogP contribution in [0.15, 0.2) is 36.4 Å². The monoisotopic (exact) mass is 339 g/mol. The fourth-order valence-electron chi connectivity index (χ4n) is 2.58. The molecular formula is C21H25NO3. The smallest absolute Gasteiger partial charge is 0.179 e. The largest absolute Gasteiger partial charge is 0.493 e. The quantitative estimate of drug-likeness (QED) is 0.720. The summed E-state index contributed by atoms with van der Waals surface area (Å²) in [5.41, 5.74) is 2.76. The summed E-state index contributed by atoms with van der Waals surface area (Å²) in [4.78, 5) is 0. The van der Waals surface area contributed by atoms with Gasteiger partial charge in [0, 0.05) is 0 Å². The van der Waals surface area contributed by atoms with E-state index in [1.165, 1.54) is 0 Å². The Hall–Kier alpha value is -2.67. The molecule has 0 saturated carbocycles. The van der Waals surface area contributed by atoms with Gasteiger partial charge in [0.25, 0.3) is 0 Å². The van der Waals surface area contributed by atoms with E-state index in [0.717, 1.165) is 16.9 Å². The first-order valence-corrected chi connectivity index (χ1v) is 8.30. The van der Waals surface area contributed by atoms with Crippen molar-refractivity contribution in [2.24, 2.45) is 0 Å². The summed E-state index contributed by atoms with van der Waals surface area (Å²) >= 11 is 0. The summed E-state index contributed by atoms with van der Waals surface area (Å²) in [7, 11) is 1.56. The van der Waals surface area contributed by atoms with E-state index >= 15 is 0 Å².